The number of aryl methyl sites for hydroxylation is 1. The highest BCUT2D eigenvalue weighted by Gasteiger charge is 2.29. The van der Waals surface area contributed by atoms with Crippen LogP contribution in [0.15, 0.2) is 48.5 Å². The van der Waals surface area contributed by atoms with Crippen LogP contribution in [-0.2, 0) is 9.59 Å². The topological polar surface area (TPSA) is 88.3 Å². The van der Waals surface area contributed by atoms with Crippen molar-refractivity contribution in [1.29, 1.82) is 0 Å². The number of aromatic nitrogens is 1. The zero-order valence-corrected chi connectivity index (χ0v) is 18.0. The molecule has 2 unspecified atom stereocenters. The lowest BCUT2D eigenvalue weighted by molar-refractivity contribution is -0.134. The second-order valence-corrected chi connectivity index (χ2v) is 7.05. The van der Waals surface area contributed by atoms with Crippen molar-refractivity contribution < 1.29 is 9.59 Å². The molecule has 0 bridgehead atoms. The van der Waals surface area contributed by atoms with Crippen LogP contribution in [-0.4, -0.2) is 34.8 Å². The minimum Gasteiger partial charge on any atom is -0.342 e. The second-order valence-electron chi connectivity index (χ2n) is 7.05. The quantitative estimate of drug-likeness (QED) is 0.747. The van der Waals surface area contributed by atoms with E-state index < -0.39 is 0 Å². The molecule has 0 aliphatic carbocycles. The van der Waals surface area contributed by atoms with Gasteiger partial charge in [-0.1, -0.05) is 36.4 Å². The van der Waals surface area contributed by atoms with Crippen molar-refractivity contribution in [1.82, 2.24) is 9.88 Å². The van der Waals surface area contributed by atoms with E-state index in [0.717, 1.165) is 24.1 Å². The van der Waals surface area contributed by atoms with Crippen LogP contribution in [0.3, 0.4) is 0 Å². The number of likely N-dealkylation sites (tertiary alicyclic amines) is 1. The van der Waals surface area contributed by atoms with Gasteiger partial charge in [-0.25, -0.2) is 4.98 Å². The van der Waals surface area contributed by atoms with Gasteiger partial charge in [-0.15, -0.1) is 24.8 Å². The molecule has 1 fully saturated rings. The lowest BCUT2D eigenvalue weighted by atomic mass is 9.96. The summed E-state index contributed by atoms with van der Waals surface area (Å²) in [5, 5.41) is 2.87. The normalized spacial score (nSPS) is 16.8. The number of piperidine rings is 1. The van der Waals surface area contributed by atoms with Crippen molar-refractivity contribution in [2.45, 2.75) is 32.2 Å². The molecule has 1 aliphatic heterocycles. The van der Waals surface area contributed by atoms with E-state index in [-0.39, 0.29) is 55.0 Å². The third kappa shape index (κ3) is 6.99. The highest BCUT2D eigenvalue weighted by molar-refractivity contribution is 5.92. The predicted octanol–water partition coefficient (Wildman–Crippen LogP) is 3.50. The van der Waals surface area contributed by atoms with E-state index in [1.807, 2.05) is 49.4 Å². The Morgan fingerprint density at radius 3 is 2.59 bits per heavy atom. The molecule has 0 spiro atoms. The van der Waals surface area contributed by atoms with Crippen molar-refractivity contribution >= 4 is 42.4 Å². The van der Waals surface area contributed by atoms with Crippen LogP contribution in [0.5, 0.6) is 0 Å². The SMILES string of the molecule is Cc1cccc(NC(=O)C2CCCN(C(=O)CC(N)c3ccccc3)C2)n1.Cl.Cl. The molecule has 8 heteroatoms. The van der Waals surface area contributed by atoms with Gasteiger partial charge in [0, 0.05) is 31.2 Å². The maximum atomic E-state index is 12.7. The first-order chi connectivity index (χ1) is 13.0. The molecule has 3 rings (SSSR count). The van der Waals surface area contributed by atoms with Gasteiger partial charge >= 0.3 is 0 Å². The summed E-state index contributed by atoms with van der Waals surface area (Å²) in [6.45, 7) is 2.98. The molecule has 0 radical (unpaired) electrons. The summed E-state index contributed by atoms with van der Waals surface area (Å²) < 4.78 is 0. The number of nitrogens with two attached hydrogens (primary N) is 1. The van der Waals surface area contributed by atoms with E-state index in [9.17, 15) is 9.59 Å². The summed E-state index contributed by atoms with van der Waals surface area (Å²) in [7, 11) is 0. The Hall–Kier alpha value is -2.15. The maximum Gasteiger partial charge on any atom is 0.230 e. The van der Waals surface area contributed by atoms with Gasteiger partial charge in [0.05, 0.1) is 5.92 Å². The lowest BCUT2D eigenvalue weighted by Gasteiger charge is -2.32. The van der Waals surface area contributed by atoms with Crippen molar-refractivity contribution in [3.63, 3.8) is 0 Å². The molecule has 2 aromatic rings. The first kappa shape index (κ1) is 24.9. The Kier molecular flexibility index (Phi) is 10.1. The summed E-state index contributed by atoms with van der Waals surface area (Å²) in [6, 6.07) is 14.8. The fourth-order valence-electron chi connectivity index (χ4n) is 3.39. The Bertz CT molecular complexity index is 804. The molecule has 1 aromatic heterocycles. The van der Waals surface area contributed by atoms with Crippen LogP contribution in [0.1, 0.15) is 36.6 Å². The molecular formula is C21H28Cl2N4O2. The maximum absolute atomic E-state index is 12.7. The van der Waals surface area contributed by atoms with E-state index in [0.29, 0.717) is 18.9 Å². The van der Waals surface area contributed by atoms with Crippen molar-refractivity contribution in [3.05, 3.63) is 59.8 Å². The first-order valence-corrected chi connectivity index (χ1v) is 9.36. The standard InChI is InChI=1S/C21H26N4O2.2ClH/c1-15-7-5-11-19(23-15)24-21(27)17-10-6-12-25(14-17)20(26)13-18(22)16-8-3-2-4-9-16;;/h2-5,7-9,11,17-18H,6,10,12-14,22H2,1H3,(H,23,24,27);2*1H. The molecule has 0 saturated carbocycles. The Balaban J connectivity index is 0.00000210. The van der Waals surface area contributed by atoms with Crippen LogP contribution in [0.25, 0.3) is 0 Å². The second kappa shape index (κ2) is 11.8. The Morgan fingerprint density at radius 1 is 1.17 bits per heavy atom. The molecule has 3 N–H and O–H groups in total. The van der Waals surface area contributed by atoms with Gasteiger partial charge in [-0.3, -0.25) is 9.59 Å². The van der Waals surface area contributed by atoms with E-state index >= 15 is 0 Å². The minimum atomic E-state index is -0.329. The van der Waals surface area contributed by atoms with Crippen LogP contribution in [0, 0.1) is 12.8 Å². The molecule has 29 heavy (non-hydrogen) atoms. The number of hydrogen-bond donors (Lipinski definition) is 2. The number of carbonyl (C=O) groups is 2. The summed E-state index contributed by atoms with van der Waals surface area (Å²) in [5.41, 5.74) is 7.98. The number of anilines is 1. The number of benzene rings is 1. The van der Waals surface area contributed by atoms with Gasteiger partial charge in [0.1, 0.15) is 5.82 Å². The summed E-state index contributed by atoms with van der Waals surface area (Å²) >= 11 is 0. The molecule has 2 amide bonds. The first-order valence-electron chi connectivity index (χ1n) is 9.36. The molecule has 1 saturated heterocycles. The van der Waals surface area contributed by atoms with Gasteiger partial charge in [0.25, 0.3) is 0 Å². The molecule has 2 heterocycles. The van der Waals surface area contributed by atoms with E-state index in [2.05, 4.69) is 10.3 Å². The number of nitrogens with one attached hydrogen (secondary N) is 1. The summed E-state index contributed by atoms with van der Waals surface area (Å²) in [6.07, 6.45) is 1.83. The molecule has 158 valence electrons. The molecule has 2 atom stereocenters. The lowest BCUT2D eigenvalue weighted by Crippen LogP contribution is -2.44. The number of amides is 2. The van der Waals surface area contributed by atoms with Crippen molar-refractivity contribution in [2.24, 2.45) is 11.7 Å². The number of nitrogens with zero attached hydrogens (tertiary/aromatic N) is 2. The van der Waals surface area contributed by atoms with Gasteiger partial charge < -0.3 is 16.0 Å². The van der Waals surface area contributed by atoms with Gasteiger partial charge in [-0.2, -0.15) is 0 Å². The van der Waals surface area contributed by atoms with Crippen molar-refractivity contribution in [2.75, 3.05) is 18.4 Å². The monoisotopic (exact) mass is 438 g/mol. The van der Waals surface area contributed by atoms with Crippen LogP contribution >= 0.6 is 24.8 Å². The van der Waals surface area contributed by atoms with Gasteiger partial charge in [-0.05, 0) is 37.5 Å². The average Bonchev–Trinajstić information content (AvgIpc) is 2.68. The minimum absolute atomic E-state index is 0. The highest BCUT2D eigenvalue weighted by Crippen LogP contribution is 2.21. The third-order valence-corrected chi connectivity index (χ3v) is 4.91. The van der Waals surface area contributed by atoms with Crippen LogP contribution in [0.2, 0.25) is 0 Å². The average molecular weight is 439 g/mol. The zero-order chi connectivity index (χ0) is 19.2. The van der Waals surface area contributed by atoms with Gasteiger partial charge in [0.2, 0.25) is 11.8 Å². The van der Waals surface area contributed by atoms with E-state index in [1.54, 1.807) is 11.0 Å². The Labute approximate surface area is 184 Å². The highest BCUT2D eigenvalue weighted by atomic mass is 35.5. The van der Waals surface area contributed by atoms with E-state index in [4.69, 9.17) is 5.73 Å². The van der Waals surface area contributed by atoms with Gasteiger partial charge in [0.15, 0.2) is 0 Å². The number of pyridine rings is 1. The number of halogens is 2. The smallest absolute Gasteiger partial charge is 0.230 e. The fourth-order valence-corrected chi connectivity index (χ4v) is 3.39. The molecule has 6 nitrogen and oxygen atoms in total. The number of rotatable bonds is 5. The molecule has 1 aliphatic rings. The fraction of sp³-hybridized carbons (Fsp3) is 0.381. The number of hydrogen-bond acceptors (Lipinski definition) is 4. The zero-order valence-electron chi connectivity index (χ0n) is 16.4. The summed E-state index contributed by atoms with van der Waals surface area (Å²) in [4.78, 5) is 31.3. The Morgan fingerprint density at radius 2 is 1.90 bits per heavy atom. The molecular weight excluding hydrogens is 411 g/mol. The predicted molar refractivity (Wildman–Crippen MR) is 119 cm³/mol. The third-order valence-electron chi connectivity index (χ3n) is 4.91. The number of carbonyl (C=O) groups excluding carboxylic acids is 2. The van der Waals surface area contributed by atoms with E-state index in [1.165, 1.54) is 0 Å². The molecule has 1 aromatic carbocycles. The van der Waals surface area contributed by atoms with Crippen LogP contribution in [0.4, 0.5) is 5.82 Å². The largest absolute Gasteiger partial charge is 0.342 e. The summed E-state index contributed by atoms with van der Waals surface area (Å²) in [5.74, 6) is 0.239. The van der Waals surface area contributed by atoms with Crippen molar-refractivity contribution in [3.8, 4) is 0 Å². The van der Waals surface area contributed by atoms with Crippen LogP contribution < -0.4 is 11.1 Å².